The first kappa shape index (κ1) is 11.7. The number of aryl methyl sites for hydroxylation is 1. The molecule has 90 valence electrons. The van der Waals surface area contributed by atoms with Gasteiger partial charge in [0.25, 0.3) is 0 Å². The van der Waals surface area contributed by atoms with Gasteiger partial charge in [0.15, 0.2) is 0 Å². The van der Waals surface area contributed by atoms with E-state index >= 15 is 0 Å². The summed E-state index contributed by atoms with van der Waals surface area (Å²) in [5, 5.41) is 3.44. The normalized spacial score (nSPS) is 25.9. The summed E-state index contributed by atoms with van der Waals surface area (Å²) in [6.45, 7) is 3.80. The Hall–Kier alpha value is -0.800. The van der Waals surface area contributed by atoms with Crippen LogP contribution >= 0.6 is 0 Å². The standard InChI is InChI=1S/C13H22N2O/c1-10-6-7-12(16-10)9-15-8-11-4-2-3-5-13(11)14/h6-7,11,13,15H,2-5,8-9,14H2,1H3. The Bertz CT molecular complexity index is 321. The summed E-state index contributed by atoms with van der Waals surface area (Å²) in [4.78, 5) is 0. The zero-order chi connectivity index (χ0) is 11.4. The number of nitrogens with one attached hydrogen (secondary N) is 1. The molecule has 2 unspecified atom stereocenters. The summed E-state index contributed by atoms with van der Waals surface area (Å²) in [5.41, 5.74) is 6.10. The zero-order valence-electron chi connectivity index (χ0n) is 10.0. The van der Waals surface area contributed by atoms with Crippen molar-refractivity contribution < 1.29 is 4.42 Å². The molecule has 0 amide bonds. The van der Waals surface area contributed by atoms with Gasteiger partial charge < -0.3 is 15.5 Å². The topological polar surface area (TPSA) is 51.2 Å². The van der Waals surface area contributed by atoms with Crippen molar-refractivity contribution in [2.45, 2.75) is 45.2 Å². The van der Waals surface area contributed by atoms with Gasteiger partial charge in [-0.15, -0.1) is 0 Å². The highest BCUT2D eigenvalue weighted by Gasteiger charge is 2.20. The lowest BCUT2D eigenvalue weighted by Crippen LogP contribution is -2.39. The maximum Gasteiger partial charge on any atom is 0.117 e. The highest BCUT2D eigenvalue weighted by Crippen LogP contribution is 2.22. The molecule has 0 radical (unpaired) electrons. The van der Waals surface area contributed by atoms with E-state index in [-0.39, 0.29) is 0 Å². The van der Waals surface area contributed by atoms with E-state index in [2.05, 4.69) is 5.32 Å². The van der Waals surface area contributed by atoms with Gasteiger partial charge in [-0.05, 0) is 44.4 Å². The number of rotatable bonds is 4. The summed E-state index contributed by atoms with van der Waals surface area (Å²) in [6.07, 6.45) is 5.09. The predicted octanol–water partition coefficient (Wildman–Crippen LogP) is 2.20. The maximum absolute atomic E-state index is 6.10. The predicted molar refractivity (Wildman–Crippen MR) is 65.1 cm³/mol. The third-order valence-electron chi connectivity index (χ3n) is 3.47. The molecule has 2 rings (SSSR count). The Morgan fingerprint density at radius 3 is 2.88 bits per heavy atom. The monoisotopic (exact) mass is 222 g/mol. The Kier molecular flexibility index (Phi) is 4.02. The quantitative estimate of drug-likeness (QED) is 0.821. The molecule has 1 heterocycles. The summed E-state index contributed by atoms with van der Waals surface area (Å²) in [7, 11) is 0. The SMILES string of the molecule is Cc1ccc(CNCC2CCCCC2N)o1. The van der Waals surface area contributed by atoms with Crippen molar-refractivity contribution in [3.05, 3.63) is 23.7 Å². The smallest absolute Gasteiger partial charge is 0.117 e. The Labute approximate surface area is 97.4 Å². The van der Waals surface area contributed by atoms with Crippen LogP contribution in [0.5, 0.6) is 0 Å². The third-order valence-corrected chi connectivity index (χ3v) is 3.47. The van der Waals surface area contributed by atoms with Crippen LogP contribution in [0.1, 0.15) is 37.2 Å². The lowest BCUT2D eigenvalue weighted by Gasteiger charge is -2.28. The molecule has 0 aliphatic heterocycles. The fourth-order valence-electron chi connectivity index (χ4n) is 2.45. The molecule has 0 spiro atoms. The molecule has 2 atom stereocenters. The average molecular weight is 222 g/mol. The van der Waals surface area contributed by atoms with E-state index in [1.54, 1.807) is 0 Å². The first-order valence-corrected chi connectivity index (χ1v) is 6.27. The van der Waals surface area contributed by atoms with Crippen LogP contribution in [0, 0.1) is 12.8 Å². The molecular weight excluding hydrogens is 200 g/mol. The van der Waals surface area contributed by atoms with Crippen LogP contribution < -0.4 is 11.1 Å². The van der Waals surface area contributed by atoms with Crippen molar-refractivity contribution in [3.63, 3.8) is 0 Å². The minimum atomic E-state index is 0.389. The van der Waals surface area contributed by atoms with Crippen LogP contribution in [0.3, 0.4) is 0 Å². The minimum absolute atomic E-state index is 0.389. The van der Waals surface area contributed by atoms with Crippen molar-refractivity contribution in [1.82, 2.24) is 5.32 Å². The molecule has 3 heteroatoms. The molecule has 1 aromatic heterocycles. The number of nitrogens with two attached hydrogens (primary N) is 1. The summed E-state index contributed by atoms with van der Waals surface area (Å²) in [5.74, 6) is 2.64. The average Bonchev–Trinajstić information content (AvgIpc) is 2.67. The van der Waals surface area contributed by atoms with E-state index < -0.39 is 0 Å². The second kappa shape index (κ2) is 5.51. The van der Waals surface area contributed by atoms with Crippen LogP contribution in [-0.2, 0) is 6.54 Å². The minimum Gasteiger partial charge on any atom is -0.465 e. The molecular formula is C13H22N2O. The highest BCUT2D eigenvalue weighted by molar-refractivity contribution is 5.05. The third kappa shape index (κ3) is 3.09. The lowest BCUT2D eigenvalue weighted by molar-refractivity contribution is 0.293. The maximum atomic E-state index is 6.10. The van der Waals surface area contributed by atoms with Gasteiger partial charge >= 0.3 is 0 Å². The molecule has 0 bridgehead atoms. The molecule has 3 N–H and O–H groups in total. The Morgan fingerprint density at radius 1 is 1.38 bits per heavy atom. The molecule has 1 aliphatic rings. The second-order valence-electron chi connectivity index (χ2n) is 4.85. The molecule has 16 heavy (non-hydrogen) atoms. The van der Waals surface area contributed by atoms with E-state index in [0.29, 0.717) is 12.0 Å². The summed E-state index contributed by atoms with van der Waals surface area (Å²) < 4.78 is 5.51. The Morgan fingerprint density at radius 2 is 2.19 bits per heavy atom. The number of hydrogen-bond donors (Lipinski definition) is 2. The van der Waals surface area contributed by atoms with E-state index in [1.165, 1.54) is 25.7 Å². The van der Waals surface area contributed by atoms with Crippen molar-refractivity contribution in [1.29, 1.82) is 0 Å². The zero-order valence-corrected chi connectivity index (χ0v) is 10.0. The molecule has 1 aromatic rings. The fraction of sp³-hybridized carbons (Fsp3) is 0.692. The lowest BCUT2D eigenvalue weighted by atomic mass is 9.85. The van der Waals surface area contributed by atoms with E-state index in [1.807, 2.05) is 19.1 Å². The first-order chi connectivity index (χ1) is 7.75. The van der Waals surface area contributed by atoms with Crippen LogP contribution in [0.4, 0.5) is 0 Å². The van der Waals surface area contributed by atoms with Gasteiger partial charge in [-0.3, -0.25) is 0 Å². The number of hydrogen-bond acceptors (Lipinski definition) is 3. The van der Waals surface area contributed by atoms with Crippen molar-refractivity contribution in [3.8, 4) is 0 Å². The fourth-order valence-corrected chi connectivity index (χ4v) is 2.45. The van der Waals surface area contributed by atoms with Crippen LogP contribution in [0.15, 0.2) is 16.5 Å². The van der Waals surface area contributed by atoms with Crippen LogP contribution in [0.2, 0.25) is 0 Å². The van der Waals surface area contributed by atoms with Gasteiger partial charge in [0.05, 0.1) is 6.54 Å². The van der Waals surface area contributed by atoms with Crippen molar-refractivity contribution in [2.75, 3.05) is 6.54 Å². The van der Waals surface area contributed by atoms with Gasteiger partial charge in [0.2, 0.25) is 0 Å². The molecule has 3 nitrogen and oxygen atoms in total. The van der Waals surface area contributed by atoms with Gasteiger partial charge in [-0.1, -0.05) is 12.8 Å². The van der Waals surface area contributed by atoms with Crippen molar-refractivity contribution in [2.24, 2.45) is 11.7 Å². The van der Waals surface area contributed by atoms with E-state index in [4.69, 9.17) is 10.2 Å². The largest absolute Gasteiger partial charge is 0.465 e. The van der Waals surface area contributed by atoms with Crippen LogP contribution in [0.25, 0.3) is 0 Å². The molecule has 1 fully saturated rings. The Balaban J connectivity index is 1.71. The molecule has 0 aromatic carbocycles. The van der Waals surface area contributed by atoms with Gasteiger partial charge in [0.1, 0.15) is 11.5 Å². The molecule has 1 aliphatic carbocycles. The van der Waals surface area contributed by atoms with Crippen molar-refractivity contribution >= 4 is 0 Å². The molecule has 0 saturated heterocycles. The van der Waals surface area contributed by atoms with Gasteiger partial charge in [-0.2, -0.15) is 0 Å². The summed E-state index contributed by atoms with van der Waals surface area (Å²) >= 11 is 0. The van der Waals surface area contributed by atoms with Gasteiger partial charge in [-0.25, -0.2) is 0 Å². The summed E-state index contributed by atoms with van der Waals surface area (Å²) in [6, 6.07) is 4.42. The van der Waals surface area contributed by atoms with E-state index in [0.717, 1.165) is 24.6 Å². The molecule has 1 saturated carbocycles. The van der Waals surface area contributed by atoms with Crippen LogP contribution in [-0.4, -0.2) is 12.6 Å². The van der Waals surface area contributed by atoms with Gasteiger partial charge in [0, 0.05) is 6.04 Å². The highest BCUT2D eigenvalue weighted by atomic mass is 16.3. The first-order valence-electron chi connectivity index (χ1n) is 6.27. The number of furan rings is 1. The second-order valence-corrected chi connectivity index (χ2v) is 4.85. The van der Waals surface area contributed by atoms with E-state index in [9.17, 15) is 0 Å².